The number of carbonyl (C=O) groups excluding carboxylic acids is 1. The molecule has 1 aromatic carbocycles. The standard InChI is InChI=1S/C10H12ClNO5S/c1-6-3-7(11)4-8(10(6)14)12-18(15,16)5-9(13)17-2/h3-4,12,14H,5H2,1-2H3. The third kappa shape index (κ3) is 3.78. The SMILES string of the molecule is COC(=O)CS(=O)(=O)Nc1cc(Cl)cc(C)c1O. The van der Waals surface area contributed by atoms with Gasteiger partial charge in [0.05, 0.1) is 12.8 Å². The normalized spacial score (nSPS) is 11.1. The fourth-order valence-corrected chi connectivity index (χ4v) is 2.49. The van der Waals surface area contributed by atoms with E-state index in [0.29, 0.717) is 5.56 Å². The van der Waals surface area contributed by atoms with Gasteiger partial charge in [0.1, 0.15) is 5.75 Å². The molecule has 100 valence electrons. The lowest BCUT2D eigenvalue weighted by Gasteiger charge is -2.10. The fourth-order valence-electron chi connectivity index (χ4n) is 1.23. The number of rotatable bonds is 4. The van der Waals surface area contributed by atoms with E-state index in [0.717, 1.165) is 7.11 Å². The van der Waals surface area contributed by atoms with E-state index in [1.54, 1.807) is 6.92 Å². The monoisotopic (exact) mass is 293 g/mol. The molecular formula is C10H12ClNO5S. The van der Waals surface area contributed by atoms with Crippen LogP contribution in [-0.2, 0) is 19.6 Å². The van der Waals surface area contributed by atoms with Gasteiger partial charge in [0.15, 0.2) is 5.75 Å². The quantitative estimate of drug-likeness (QED) is 0.644. The van der Waals surface area contributed by atoms with Gasteiger partial charge < -0.3 is 9.84 Å². The highest BCUT2D eigenvalue weighted by Crippen LogP contribution is 2.31. The van der Waals surface area contributed by atoms with E-state index >= 15 is 0 Å². The molecule has 0 unspecified atom stereocenters. The summed E-state index contributed by atoms with van der Waals surface area (Å²) in [5.41, 5.74) is 0.335. The number of sulfonamides is 1. The second-order valence-electron chi connectivity index (χ2n) is 3.56. The summed E-state index contributed by atoms with van der Waals surface area (Å²) >= 11 is 5.75. The average molecular weight is 294 g/mol. The molecule has 0 radical (unpaired) electrons. The van der Waals surface area contributed by atoms with Crippen LogP contribution in [0.15, 0.2) is 12.1 Å². The number of aromatic hydroxyl groups is 1. The van der Waals surface area contributed by atoms with Crippen molar-refractivity contribution in [2.24, 2.45) is 0 Å². The average Bonchev–Trinajstić information content (AvgIpc) is 2.23. The number of phenolic OH excluding ortho intramolecular Hbond substituents is 1. The molecule has 0 amide bonds. The Morgan fingerprint density at radius 1 is 1.50 bits per heavy atom. The number of hydrogen-bond donors (Lipinski definition) is 2. The predicted octanol–water partition coefficient (Wildman–Crippen LogP) is 1.27. The highest BCUT2D eigenvalue weighted by Gasteiger charge is 2.19. The second kappa shape index (κ2) is 5.45. The first-order chi connectivity index (χ1) is 8.25. The lowest BCUT2D eigenvalue weighted by atomic mass is 10.2. The first-order valence-electron chi connectivity index (χ1n) is 4.81. The highest BCUT2D eigenvalue weighted by atomic mass is 35.5. The van der Waals surface area contributed by atoms with Gasteiger partial charge in [-0.2, -0.15) is 0 Å². The number of nitrogens with one attached hydrogen (secondary N) is 1. The van der Waals surface area contributed by atoms with Crippen LogP contribution in [0.1, 0.15) is 5.56 Å². The minimum absolute atomic E-state index is 0.0797. The molecule has 0 heterocycles. The number of aryl methyl sites for hydroxylation is 1. The Balaban J connectivity index is 3.01. The molecule has 0 saturated heterocycles. The number of benzene rings is 1. The lowest BCUT2D eigenvalue weighted by Crippen LogP contribution is -2.23. The molecule has 2 N–H and O–H groups in total. The molecule has 8 heteroatoms. The highest BCUT2D eigenvalue weighted by molar-refractivity contribution is 7.93. The maximum atomic E-state index is 11.6. The lowest BCUT2D eigenvalue weighted by molar-refractivity contribution is -0.137. The largest absolute Gasteiger partial charge is 0.505 e. The van der Waals surface area contributed by atoms with Crippen LogP contribution in [-0.4, -0.2) is 32.4 Å². The zero-order valence-electron chi connectivity index (χ0n) is 9.73. The Bertz CT molecular complexity index is 570. The Labute approximate surface area is 110 Å². The molecule has 0 fully saturated rings. The van der Waals surface area contributed by atoms with Crippen molar-refractivity contribution < 1.29 is 23.1 Å². The zero-order chi connectivity index (χ0) is 13.9. The summed E-state index contributed by atoms with van der Waals surface area (Å²) in [5.74, 6) is -1.98. The molecule has 0 saturated carbocycles. The van der Waals surface area contributed by atoms with Gasteiger partial charge in [-0.15, -0.1) is 0 Å². The maximum Gasteiger partial charge on any atom is 0.322 e. The number of carbonyl (C=O) groups is 1. The van der Waals surface area contributed by atoms with E-state index in [1.165, 1.54) is 12.1 Å². The molecule has 6 nitrogen and oxygen atoms in total. The number of halogens is 1. The van der Waals surface area contributed by atoms with Crippen molar-refractivity contribution in [3.8, 4) is 5.75 Å². The summed E-state index contributed by atoms with van der Waals surface area (Å²) in [6.45, 7) is 1.57. The number of anilines is 1. The van der Waals surface area contributed by atoms with Gasteiger partial charge in [-0.25, -0.2) is 8.42 Å². The first-order valence-corrected chi connectivity index (χ1v) is 6.84. The van der Waals surface area contributed by atoms with Crippen LogP contribution in [0.2, 0.25) is 5.02 Å². The summed E-state index contributed by atoms with van der Waals surface area (Å²) < 4.78 is 29.5. The van der Waals surface area contributed by atoms with Crippen LogP contribution < -0.4 is 4.72 Å². The topological polar surface area (TPSA) is 92.7 Å². The molecule has 0 aromatic heterocycles. The van der Waals surface area contributed by atoms with E-state index in [9.17, 15) is 18.3 Å². The Hall–Kier alpha value is -1.47. The number of methoxy groups -OCH3 is 1. The number of ether oxygens (including phenoxy) is 1. The van der Waals surface area contributed by atoms with Crippen molar-refractivity contribution in [1.29, 1.82) is 0 Å². The van der Waals surface area contributed by atoms with Crippen molar-refractivity contribution >= 4 is 33.3 Å². The van der Waals surface area contributed by atoms with Crippen LogP contribution in [0, 0.1) is 6.92 Å². The maximum absolute atomic E-state index is 11.6. The molecule has 0 bridgehead atoms. The third-order valence-corrected chi connectivity index (χ3v) is 3.43. The molecule has 0 atom stereocenters. The smallest absolute Gasteiger partial charge is 0.322 e. The van der Waals surface area contributed by atoms with Crippen LogP contribution in [0.3, 0.4) is 0 Å². The van der Waals surface area contributed by atoms with Crippen molar-refractivity contribution in [3.05, 3.63) is 22.7 Å². The number of esters is 1. The van der Waals surface area contributed by atoms with Crippen LogP contribution in [0.5, 0.6) is 5.75 Å². The van der Waals surface area contributed by atoms with Crippen molar-refractivity contribution in [2.45, 2.75) is 6.92 Å². The van der Waals surface area contributed by atoms with Crippen molar-refractivity contribution in [1.82, 2.24) is 0 Å². The van der Waals surface area contributed by atoms with Gasteiger partial charge in [0, 0.05) is 5.02 Å². The van der Waals surface area contributed by atoms with E-state index in [1.807, 2.05) is 0 Å². The van der Waals surface area contributed by atoms with Crippen molar-refractivity contribution in [3.63, 3.8) is 0 Å². The minimum atomic E-state index is -3.95. The molecule has 0 aliphatic carbocycles. The van der Waals surface area contributed by atoms with Gasteiger partial charge >= 0.3 is 5.97 Å². The first kappa shape index (κ1) is 14.6. The molecule has 1 rings (SSSR count). The van der Waals surface area contributed by atoms with E-state index in [-0.39, 0.29) is 16.5 Å². The summed E-state index contributed by atoms with van der Waals surface area (Å²) in [7, 11) is -2.86. The fraction of sp³-hybridized carbons (Fsp3) is 0.300. The van der Waals surface area contributed by atoms with Crippen LogP contribution in [0.25, 0.3) is 0 Å². The van der Waals surface area contributed by atoms with Gasteiger partial charge in [-0.3, -0.25) is 9.52 Å². The van der Waals surface area contributed by atoms with Crippen molar-refractivity contribution in [2.75, 3.05) is 17.6 Å². The third-order valence-electron chi connectivity index (χ3n) is 2.07. The van der Waals surface area contributed by atoms with E-state index in [4.69, 9.17) is 11.6 Å². The second-order valence-corrected chi connectivity index (χ2v) is 5.71. The van der Waals surface area contributed by atoms with Gasteiger partial charge in [0.2, 0.25) is 10.0 Å². The van der Waals surface area contributed by atoms with Crippen LogP contribution in [0.4, 0.5) is 5.69 Å². The molecule has 0 spiro atoms. The summed E-state index contributed by atoms with van der Waals surface area (Å²) in [6, 6.07) is 2.73. The number of phenols is 1. The minimum Gasteiger partial charge on any atom is -0.505 e. The molecular weight excluding hydrogens is 282 g/mol. The Morgan fingerprint density at radius 2 is 2.11 bits per heavy atom. The summed E-state index contributed by atoms with van der Waals surface area (Å²) in [6.07, 6.45) is 0. The Morgan fingerprint density at radius 3 is 2.67 bits per heavy atom. The van der Waals surface area contributed by atoms with Crippen LogP contribution >= 0.6 is 11.6 Å². The van der Waals surface area contributed by atoms with E-state index < -0.39 is 21.7 Å². The summed E-state index contributed by atoms with van der Waals surface area (Å²) in [4.78, 5) is 10.9. The zero-order valence-corrected chi connectivity index (χ0v) is 11.3. The van der Waals surface area contributed by atoms with Gasteiger partial charge in [0.25, 0.3) is 0 Å². The predicted molar refractivity (Wildman–Crippen MR) is 67.3 cm³/mol. The molecule has 18 heavy (non-hydrogen) atoms. The molecule has 0 aliphatic rings. The Kier molecular flexibility index (Phi) is 4.42. The molecule has 0 aliphatic heterocycles. The van der Waals surface area contributed by atoms with E-state index in [2.05, 4.69) is 9.46 Å². The van der Waals surface area contributed by atoms with Gasteiger partial charge in [-0.05, 0) is 24.6 Å². The van der Waals surface area contributed by atoms with Gasteiger partial charge in [-0.1, -0.05) is 11.6 Å². The number of hydrogen-bond acceptors (Lipinski definition) is 5. The summed E-state index contributed by atoms with van der Waals surface area (Å²) in [5, 5.41) is 9.94. The molecule has 1 aromatic rings.